The van der Waals surface area contributed by atoms with Gasteiger partial charge in [0, 0.05) is 5.73 Å². The van der Waals surface area contributed by atoms with Crippen molar-refractivity contribution in [3.63, 3.8) is 0 Å². The first-order chi connectivity index (χ1) is 9.52. The van der Waals surface area contributed by atoms with E-state index >= 15 is 0 Å². The van der Waals surface area contributed by atoms with Crippen molar-refractivity contribution in [2.24, 2.45) is 0 Å². The Kier molecular flexibility index (Phi) is 8.02. The molecule has 22 heavy (non-hydrogen) atoms. The Balaban J connectivity index is 4.96. The van der Waals surface area contributed by atoms with Gasteiger partial charge >= 0.3 is 8.56 Å². The van der Waals surface area contributed by atoms with Crippen LogP contribution in [-0.4, -0.2) is 44.7 Å². The maximum Gasteiger partial charge on any atom is 0.324 e. The topological polar surface area (TPSA) is 27.7 Å². The van der Waals surface area contributed by atoms with E-state index in [2.05, 4.69) is 79.7 Å². The fraction of sp³-hybridized carbons (Fsp3) is 1.00. The summed E-state index contributed by atoms with van der Waals surface area (Å²) in [4.78, 5) is 0. The standard InChI is InChI=1S/C15H40O3Si4/c1-13-22(12,18-20(7,8)9)17-15(3)21(10,11)16-14(2)19(4,5)6/h14-15H,13H2,1-12H3. The Labute approximate surface area is 143 Å². The Morgan fingerprint density at radius 1 is 0.727 bits per heavy atom. The summed E-state index contributed by atoms with van der Waals surface area (Å²) in [6, 6.07) is 0.996. The lowest BCUT2D eigenvalue weighted by Gasteiger charge is -2.41. The predicted molar refractivity (Wildman–Crippen MR) is 108 cm³/mol. The van der Waals surface area contributed by atoms with Gasteiger partial charge in [0.25, 0.3) is 0 Å². The highest BCUT2D eigenvalue weighted by Crippen LogP contribution is 2.26. The van der Waals surface area contributed by atoms with Gasteiger partial charge in [0.1, 0.15) is 0 Å². The van der Waals surface area contributed by atoms with E-state index in [1.165, 1.54) is 0 Å². The quantitative estimate of drug-likeness (QED) is 0.504. The summed E-state index contributed by atoms with van der Waals surface area (Å²) in [6.45, 7) is 27.2. The second-order valence-corrected chi connectivity index (χ2v) is 27.2. The van der Waals surface area contributed by atoms with Crippen molar-refractivity contribution in [1.82, 2.24) is 0 Å². The zero-order valence-corrected chi connectivity index (χ0v) is 21.1. The minimum atomic E-state index is -2.10. The summed E-state index contributed by atoms with van der Waals surface area (Å²) in [5, 5.41) is 0. The molecule has 3 atom stereocenters. The van der Waals surface area contributed by atoms with Crippen molar-refractivity contribution in [3.8, 4) is 0 Å². The number of hydrogen-bond acceptors (Lipinski definition) is 3. The summed E-state index contributed by atoms with van der Waals surface area (Å²) in [7, 11) is -6.86. The minimum absolute atomic E-state index is 0.166. The molecule has 7 heteroatoms. The number of hydrogen-bond donors (Lipinski definition) is 0. The minimum Gasteiger partial charge on any atom is -0.436 e. The molecule has 0 aliphatic carbocycles. The van der Waals surface area contributed by atoms with Crippen LogP contribution >= 0.6 is 0 Å². The van der Waals surface area contributed by atoms with Crippen LogP contribution < -0.4 is 0 Å². The maximum absolute atomic E-state index is 6.55. The molecule has 0 N–H and O–H groups in total. The van der Waals surface area contributed by atoms with Gasteiger partial charge in [0.05, 0.1) is 13.8 Å². The van der Waals surface area contributed by atoms with Gasteiger partial charge in [-0.05, 0) is 59.2 Å². The van der Waals surface area contributed by atoms with E-state index < -0.39 is 33.3 Å². The van der Waals surface area contributed by atoms with E-state index in [1.807, 2.05) is 0 Å². The van der Waals surface area contributed by atoms with Crippen LogP contribution in [0, 0.1) is 0 Å². The molecular formula is C15H40O3Si4. The van der Waals surface area contributed by atoms with Gasteiger partial charge in [-0.1, -0.05) is 26.6 Å². The van der Waals surface area contributed by atoms with E-state index in [1.54, 1.807) is 0 Å². The summed E-state index contributed by atoms with van der Waals surface area (Å²) >= 11 is 0. The monoisotopic (exact) mass is 380 g/mol. The molecule has 0 aliphatic rings. The van der Waals surface area contributed by atoms with Gasteiger partial charge in [-0.3, -0.25) is 0 Å². The van der Waals surface area contributed by atoms with E-state index in [-0.39, 0.29) is 5.73 Å². The largest absolute Gasteiger partial charge is 0.436 e. The van der Waals surface area contributed by atoms with Crippen LogP contribution in [0.3, 0.4) is 0 Å². The highest BCUT2D eigenvalue weighted by atomic mass is 28.4. The zero-order valence-electron chi connectivity index (χ0n) is 17.1. The van der Waals surface area contributed by atoms with Crippen LogP contribution in [0.5, 0.6) is 0 Å². The SMILES string of the molecule is CC[Si](C)(OC(C)[Si](C)(C)OC(C)[Si](C)(C)C)O[Si](C)(C)C. The lowest BCUT2D eigenvalue weighted by atomic mass is 10.9. The molecule has 0 radical (unpaired) electrons. The first-order valence-electron chi connectivity index (χ1n) is 8.58. The Morgan fingerprint density at radius 3 is 1.50 bits per heavy atom. The van der Waals surface area contributed by atoms with Crippen LogP contribution in [0.2, 0.25) is 65.0 Å². The smallest absolute Gasteiger partial charge is 0.324 e. The molecule has 0 rings (SSSR count). The maximum atomic E-state index is 6.55. The first-order valence-corrected chi connectivity index (χ1v) is 21.1. The molecule has 0 spiro atoms. The molecule has 0 aromatic carbocycles. The third-order valence-corrected chi connectivity index (χ3v) is 16.6. The molecule has 3 unspecified atom stereocenters. The van der Waals surface area contributed by atoms with E-state index in [0.29, 0.717) is 5.73 Å². The fourth-order valence-electron chi connectivity index (χ4n) is 2.07. The van der Waals surface area contributed by atoms with E-state index in [0.717, 1.165) is 6.04 Å². The van der Waals surface area contributed by atoms with Crippen LogP contribution in [0.1, 0.15) is 20.8 Å². The molecule has 0 aliphatic heterocycles. The Morgan fingerprint density at radius 2 is 1.18 bits per heavy atom. The molecule has 3 nitrogen and oxygen atoms in total. The fourth-order valence-corrected chi connectivity index (χ4v) is 14.2. The highest BCUT2D eigenvalue weighted by molar-refractivity contribution is 6.83. The third kappa shape index (κ3) is 8.03. The summed E-state index contributed by atoms with van der Waals surface area (Å²) < 4.78 is 19.5. The van der Waals surface area contributed by atoms with Gasteiger partial charge < -0.3 is 13.0 Å². The summed E-state index contributed by atoms with van der Waals surface area (Å²) in [5.74, 6) is 0. The molecule has 134 valence electrons. The van der Waals surface area contributed by atoms with Crippen molar-refractivity contribution >= 4 is 33.3 Å². The van der Waals surface area contributed by atoms with Crippen LogP contribution in [0.15, 0.2) is 0 Å². The second kappa shape index (κ2) is 7.75. The van der Waals surface area contributed by atoms with Crippen molar-refractivity contribution < 1.29 is 13.0 Å². The van der Waals surface area contributed by atoms with Gasteiger partial charge in [0.15, 0.2) is 8.32 Å². The molecule has 0 saturated carbocycles. The molecule has 0 bridgehead atoms. The van der Waals surface area contributed by atoms with Crippen molar-refractivity contribution in [1.29, 1.82) is 0 Å². The molecule has 0 saturated heterocycles. The van der Waals surface area contributed by atoms with Crippen LogP contribution in [-0.2, 0) is 13.0 Å². The van der Waals surface area contributed by atoms with Gasteiger partial charge in [-0.2, -0.15) is 0 Å². The lowest BCUT2D eigenvalue weighted by molar-refractivity contribution is 0.176. The average molecular weight is 381 g/mol. The molecule has 0 heterocycles. The highest BCUT2D eigenvalue weighted by Gasteiger charge is 2.43. The Hall–Kier alpha value is 0.748. The molecule has 0 aromatic heterocycles. The average Bonchev–Trinajstić information content (AvgIpc) is 2.24. The molecule has 0 amide bonds. The third-order valence-electron chi connectivity index (χ3n) is 4.27. The molecular weight excluding hydrogens is 341 g/mol. The first kappa shape index (κ1) is 22.7. The summed E-state index contributed by atoms with van der Waals surface area (Å²) in [5.41, 5.74) is 0.534. The van der Waals surface area contributed by atoms with Crippen molar-refractivity contribution in [2.45, 2.75) is 97.2 Å². The second-order valence-electron chi connectivity index (χ2n) is 9.19. The van der Waals surface area contributed by atoms with Crippen LogP contribution in [0.25, 0.3) is 0 Å². The molecule has 0 aromatic rings. The van der Waals surface area contributed by atoms with E-state index in [9.17, 15) is 0 Å². The molecule has 0 fully saturated rings. The van der Waals surface area contributed by atoms with E-state index in [4.69, 9.17) is 13.0 Å². The lowest BCUT2D eigenvalue weighted by Crippen LogP contribution is -2.57. The van der Waals surface area contributed by atoms with Gasteiger partial charge in [-0.25, -0.2) is 0 Å². The number of rotatable bonds is 9. The van der Waals surface area contributed by atoms with Gasteiger partial charge in [-0.15, -0.1) is 0 Å². The van der Waals surface area contributed by atoms with Crippen molar-refractivity contribution in [2.75, 3.05) is 0 Å². The van der Waals surface area contributed by atoms with Crippen molar-refractivity contribution in [3.05, 3.63) is 0 Å². The predicted octanol–water partition coefficient (Wildman–Crippen LogP) is 5.36. The summed E-state index contributed by atoms with van der Waals surface area (Å²) in [6.07, 6.45) is 0. The van der Waals surface area contributed by atoms with Gasteiger partial charge in [0.2, 0.25) is 8.32 Å². The zero-order chi connectivity index (χ0) is 18.0. The van der Waals surface area contributed by atoms with Crippen LogP contribution in [0.4, 0.5) is 0 Å². The Bertz CT molecular complexity index is 350. The normalized spacial score (nSPS) is 19.6.